The number of amides is 2. The summed E-state index contributed by atoms with van der Waals surface area (Å²) in [6.07, 6.45) is 0. The van der Waals surface area contributed by atoms with Crippen molar-refractivity contribution in [2.75, 3.05) is 0 Å². The molecule has 1 aliphatic rings. The smallest absolute Gasteiger partial charge is 0.270 e. The molecule has 2 aromatic rings. The second-order valence-corrected chi connectivity index (χ2v) is 5.23. The largest absolute Gasteiger partial charge is 0.270 e. The third-order valence-electron chi connectivity index (χ3n) is 3.78. The lowest BCUT2D eigenvalue weighted by Crippen LogP contribution is -2.30. The van der Waals surface area contributed by atoms with Gasteiger partial charge < -0.3 is 0 Å². The van der Waals surface area contributed by atoms with Crippen LogP contribution in [-0.4, -0.2) is 21.6 Å². The fraction of sp³-hybridized carbons (Fsp3) is 0.0667. The maximum absolute atomic E-state index is 13.7. The third kappa shape index (κ3) is 2.39. The SMILES string of the molecule is O=C1c2ccc([N+](=O)[O-])cc2C(=O)N1Cc1c(F)c(F)c(F)c(F)c1F. The number of carbonyl (C=O) groups excluding carboxylic acids is 2. The molecule has 0 fully saturated rings. The molecular formula is C15H5F5N2O4. The molecule has 3 rings (SSSR count). The van der Waals surface area contributed by atoms with Crippen LogP contribution < -0.4 is 0 Å². The van der Waals surface area contributed by atoms with Crippen molar-refractivity contribution in [3.63, 3.8) is 0 Å². The number of fused-ring (bicyclic) bond motifs is 1. The Labute approximate surface area is 140 Å². The standard InChI is InChI=1S/C15H5F5N2O4/c16-9-8(10(17)12(19)13(20)11(9)18)4-21-14(23)6-2-1-5(22(25)26)3-7(6)15(21)24/h1-3H,4H2. The molecule has 2 amide bonds. The maximum atomic E-state index is 13.7. The highest BCUT2D eigenvalue weighted by molar-refractivity contribution is 6.21. The monoisotopic (exact) mass is 372 g/mol. The van der Waals surface area contributed by atoms with Crippen LogP contribution in [-0.2, 0) is 6.54 Å². The molecule has 0 saturated heterocycles. The third-order valence-corrected chi connectivity index (χ3v) is 3.78. The molecule has 0 saturated carbocycles. The number of hydrogen-bond acceptors (Lipinski definition) is 4. The molecule has 0 N–H and O–H groups in total. The predicted octanol–water partition coefficient (Wildman–Crippen LogP) is 3.09. The number of hydrogen-bond donors (Lipinski definition) is 0. The minimum absolute atomic E-state index is 0.243. The molecule has 11 heteroatoms. The van der Waals surface area contributed by atoms with Gasteiger partial charge in [0, 0.05) is 17.7 Å². The fourth-order valence-corrected chi connectivity index (χ4v) is 2.48. The van der Waals surface area contributed by atoms with Gasteiger partial charge in [-0.2, -0.15) is 0 Å². The van der Waals surface area contributed by atoms with Crippen molar-refractivity contribution in [1.82, 2.24) is 4.90 Å². The molecule has 0 radical (unpaired) electrons. The van der Waals surface area contributed by atoms with Gasteiger partial charge >= 0.3 is 0 Å². The Kier molecular flexibility index (Phi) is 3.93. The lowest BCUT2D eigenvalue weighted by Gasteiger charge is -2.15. The summed E-state index contributed by atoms with van der Waals surface area (Å²) in [5.74, 6) is -13.4. The summed E-state index contributed by atoms with van der Waals surface area (Å²) in [6.45, 7) is -1.23. The number of nitrogens with zero attached hydrogens (tertiary/aromatic N) is 2. The first-order chi connectivity index (χ1) is 12.1. The van der Waals surface area contributed by atoms with Crippen LogP contribution in [0.5, 0.6) is 0 Å². The summed E-state index contributed by atoms with van der Waals surface area (Å²) in [7, 11) is 0. The van der Waals surface area contributed by atoms with Gasteiger partial charge in [-0.05, 0) is 6.07 Å². The minimum Gasteiger partial charge on any atom is -0.270 e. The van der Waals surface area contributed by atoms with Crippen LogP contribution in [0.25, 0.3) is 0 Å². The van der Waals surface area contributed by atoms with Crippen molar-refractivity contribution in [3.8, 4) is 0 Å². The zero-order valence-electron chi connectivity index (χ0n) is 12.4. The van der Waals surface area contributed by atoms with Gasteiger partial charge in [0.15, 0.2) is 23.3 Å². The van der Waals surface area contributed by atoms with E-state index in [9.17, 15) is 41.7 Å². The van der Waals surface area contributed by atoms with E-state index in [1.165, 1.54) is 0 Å². The topological polar surface area (TPSA) is 80.5 Å². The molecule has 0 aromatic heterocycles. The molecule has 0 unspecified atom stereocenters. The molecule has 134 valence electrons. The van der Waals surface area contributed by atoms with Crippen LogP contribution in [0.4, 0.5) is 27.6 Å². The van der Waals surface area contributed by atoms with E-state index in [4.69, 9.17) is 0 Å². The summed E-state index contributed by atoms with van der Waals surface area (Å²) >= 11 is 0. The molecule has 1 aliphatic heterocycles. The summed E-state index contributed by atoms with van der Waals surface area (Å²) < 4.78 is 67.1. The summed E-state index contributed by atoms with van der Waals surface area (Å²) in [5, 5.41) is 10.7. The zero-order chi connectivity index (χ0) is 19.3. The van der Waals surface area contributed by atoms with E-state index in [1.54, 1.807) is 0 Å². The number of rotatable bonds is 3. The minimum atomic E-state index is -2.37. The van der Waals surface area contributed by atoms with Crippen LogP contribution in [0.3, 0.4) is 0 Å². The first-order valence-corrected chi connectivity index (χ1v) is 6.80. The van der Waals surface area contributed by atoms with E-state index in [0.29, 0.717) is 0 Å². The highest BCUT2D eigenvalue weighted by atomic mass is 19.2. The quantitative estimate of drug-likeness (QED) is 0.207. The van der Waals surface area contributed by atoms with Crippen molar-refractivity contribution < 1.29 is 36.5 Å². The Balaban J connectivity index is 2.04. The normalized spacial score (nSPS) is 13.3. The number of nitro groups is 1. The van der Waals surface area contributed by atoms with Crippen molar-refractivity contribution in [2.45, 2.75) is 6.54 Å². The molecule has 6 nitrogen and oxygen atoms in total. The van der Waals surface area contributed by atoms with Crippen molar-refractivity contribution in [3.05, 3.63) is 74.1 Å². The summed E-state index contributed by atoms with van der Waals surface area (Å²) in [4.78, 5) is 34.6. The zero-order valence-corrected chi connectivity index (χ0v) is 12.4. The van der Waals surface area contributed by atoms with Crippen molar-refractivity contribution >= 4 is 17.5 Å². The predicted molar refractivity (Wildman–Crippen MR) is 73.5 cm³/mol. The first kappa shape index (κ1) is 17.5. The average molecular weight is 372 g/mol. The fourth-order valence-electron chi connectivity index (χ4n) is 2.48. The van der Waals surface area contributed by atoms with Gasteiger partial charge in [-0.15, -0.1) is 0 Å². The van der Waals surface area contributed by atoms with Gasteiger partial charge in [0.25, 0.3) is 17.5 Å². The Morgan fingerprint density at radius 1 is 0.846 bits per heavy atom. The van der Waals surface area contributed by atoms with Gasteiger partial charge in [-0.25, -0.2) is 22.0 Å². The average Bonchev–Trinajstić information content (AvgIpc) is 2.85. The van der Waals surface area contributed by atoms with E-state index in [2.05, 4.69) is 0 Å². The van der Waals surface area contributed by atoms with Crippen LogP contribution in [0.2, 0.25) is 0 Å². The lowest BCUT2D eigenvalue weighted by molar-refractivity contribution is -0.384. The van der Waals surface area contributed by atoms with Gasteiger partial charge in [-0.3, -0.25) is 24.6 Å². The highest BCUT2D eigenvalue weighted by Gasteiger charge is 2.38. The van der Waals surface area contributed by atoms with E-state index >= 15 is 0 Å². The van der Waals surface area contributed by atoms with E-state index in [-0.39, 0.29) is 10.5 Å². The van der Waals surface area contributed by atoms with Crippen LogP contribution in [0, 0.1) is 39.2 Å². The van der Waals surface area contributed by atoms with Crippen LogP contribution in [0.15, 0.2) is 18.2 Å². The van der Waals surface area contributed by atoms with E-state index in [0.717, 1.165) is 18.2 Å². The molecular weight excluding hydrogens is 367 g/mol. The Bertz CT molecular complexity index is 979. The maximum Gasteiger partial charge on any atom is 0.270 e. The number of imide groups is 1. The van der Waals surface area contributed by atoms with E-state index < -0.39 is 69.2 Å². The Morgan fingerprint density at radius 2 is 1.35 bits per heavy atom. The lowest BCUT2D eigenvalue weighted by atomic mass is 10.1. The second-order valence-electron chi connectivity index (χ2n) is 5.23. The Morgan fingerprint density at radius 3 is 1.88 bits per heavy atom. The first-order valence-electron chi connectivity index (χ1n) is 6.80. The molecule has 26 heavy (non-hydrogen) atoms. The van der Waals surface area contributed by atoms with Gasteiger partial charge in [0.2, 0.25) is 5.82 Å². The van der Waals surface area contributed by atoms with E-state index in [1.807, 2.05) is 0 Å². The Hall–Kier alpha value is -3.37. The molecule has 0 atom stereocenters. The van der Waals surface area contributed by atoms with Crippen molar-refractivity contribution in [1.29, 1.82) is 0 Å². The summed E-state index contributed by atoms with van der Waals surface area (Å²) in [5.41, 5.74) is -2.58. The summed E-state index contributed by atoms with van der Waals surface area (Å²) in [6, 6.07) is 2.69. The number of carbonyl (C=O) groups is 2. The van der Waals surface area contributed by atoms with Crippen molar-refractivity contribution in [2.24, 2.45) is 0 Å². The van der Waals surface area contributed by atoms with Crippen LogP contribution >= 0.6 is 0 Å². The van der Waals surface area contributed by atoms with Crippen LogP contribution in [0.1, 0.15) is 26.3 Å². The number of benzene rings is 2. The highest BCUT2D eigenvalue weighted by Crippen LogP contribution is 2.30. The molecule has 0 aliphatic carbocycles. The molecule has 0 bridgehead atoms. The number of non-ortho nitro benzene ring substituents is 1. The van der Waals surface area contributed by atoms with Gasteiger partial charge in [0.05, 0.1) is 22.6 Å². The molecule has 0 spiro atoms. The number of nitro benzene ring substituents is 1. The molecule has 2 aromatic carbocycles. The van der Waals surface area contributed by atoms with Gasteiger partial charge in [0.1, 0.15) is 0 Å². The molecule has 1 heterocycles. The second kappa shape index (κ2) is 5.86. The number of halogens is 5. The van der Waals surface area contributed by atoms with Gasteiger partial charge in [-0.1, -0.05) is 0 Å².